The quantitative estimate of drug-likeness (QED) is 0.921. The first-order valence-corrected chi connectivity index (χ1v) is 7.14. The Bertz CT molecular complexity index is 372. The Morgan fingerprint density at radius 3 is 2.71 bits per heavy atom. The van der Waals surface area contributed by atoms with Gasteiger partial charge in [0, 0.05) is 23.8 Å². The molecule has 1 aromatic carbocycles. The molecule has 0 saturated carbocycles. The molecule has 0 bridgehead atoms. The molecular formula is C14H21BrN2. The normalized spacial score (nSPS) is 17.1. The van der Waals surface area contributed by atoms with E-state index in [1.165, 1.54) is 43.7 Å². The van der Waals surface area contributed by atoms with Crippen molar-refractivity contribution >= 4 is 21.6 Å². The first-order chi connectivity index (χ1) is 8.16. The van der Waals surface area contributed by atoms with E-state index in [0.717, 1.165) is 10.4 Å². The number of anilines is 1. The van der Waals surface area contributed by atoms with Crippen molar-refractivity contribution in [1.29, 1.82) is 0 Å². The van der Waals surface area contributed by atoms with Crippen LogP contribution in [0.15, 0.2) is 22.7 Å². The second-order valence-corrected chi connectivity index (χ2v) is 5.92. The molecular weight excluding hydrogens is 276 g/mol. The minimum atomic E-state index is 0.837. The minimum Gasteiger partial charge on any atom is -0.374 e. The summed E-state index contributed by atoms with van der Waals surface area (Å²) in [6, 6.07) is 6.52. The van der Waals surface area contributed by atoms with Gasteiger partial charge >= 0.3 is 0 Å². The zero-order valence-electron chi connectivity index (χ0n) is 10.7. The van der Waals surface area contributed by atoms with Gasteiger partial charge in [-0.25, -0.2) is 0 Å². The van der Waals surface area contributed by atoms with Crippen molar-refractivity contribution in [2.75, 3.05) is 31.6 Å². The van der Waals surface area contributed by atoms with Gasteiger partial charge in [-0.1, -0.05) is 15.9 Å². The number of aryl methyl sites for hydroxylation is 1. The Kier molecular flexibility index (Phi) is 4.46. The molecule has 1 N–H and O–H groups in total. The van der Waals surface area contributed by atoms with Crippen LogP contribution in [0, 0.1) is 12.8 Å². The molecule has 1 aliphatic rings. The first-order valence-electron chi connectivity index (χ1n) is 6.35. The van der Waals surface area contributed by atoms with E-state index in [1.807, 2.05) is 0 Å². The average Bonchev–Trinajstić information content (AvgIpc) is 2.30. The summed E-state index contributed by atoms with van der Waals surface area (Å²) in [5.41, 5.74) is 2.70. The number of hydrogen-bond donors (Lipinski definition) is 1. The van der Waals surface area contributed by atoms with Gasteiger partial charge < -0.3 is 10.2 Å². The van der Waals surface area contributed by atoms with Gasteiger partial charge in [0.15, 0.2) is 0 Å². The molecule has 0 atom stereocenters. The van der Waals surface area contributed by atoms with Crippen LogP contribution in [-0.2, 0) is 0 Å². The number of piperidine rings is 1. The third-order valence-electron chi connectivity index (χ3n) is 3.56. The summed E-state index contributed by atoms with van der Waals surface area (Å²) in [6.07, 6.45) is 2.61. The third-order valence-corrected chi connectivity index (χ3v) is 4.05. The number of hydrogen-bond acceptors (Lipinski definition) is 2. The molecule has 17 heavy (non-hydrogen) atoms. The van der Waals surface area contributed by atoms with E-state index in [0.29, 0.717) is 0 Å². The maximum Gasteiger partial charge on any atom is 0.0394 e. The Morgan fingerprint density at radius 1 is 1.35 bits per heavy atom. The lowest BCUT2D eigenvalue weighted by molar-refractivity contribution is 0.378. The minimum absolute atomic E-state index is 0.837. The lowest BCUT2D eigenvalue weighted by Gasteiger charge is -2.29. The van der Waals surface area contributed by atoms with Gasteiger partial charge in [0.2, 0.25) is 0 Å². The van der Waals surface area contributed by atoms with E-state index in [4.69, 9.17) is 0 Å². The molecule has 1 aliphatic heterocycles. The van der Waals surface area contributed by atoms with Crippen LogP contribution in [0.25, 0.3) is 0 Å². The number of nitrogens with one attached hydrogen (secondary N) is 1. The largest absolute Gasteiger partial charge is 0.374 e. The van der Waals surface area contributed by atoms with Crippen molar-refractivity contribution in [2.45, 2.75) is 19.8 Å². The molecule has 2 rings (SSSR count). The molecule has 0 radical (unpaired) electrons. The second-order valence-electron chi connectivity index (χ2n) is 5.00. The number of nitrogens with zero attached hydrogens (tertiary/aromatic N) is 1. The smallest absolute Gasteiger partial charge is 0.0394 e. The number of benzene rings is 1. The molecule has 1 aromatic rings. The molecule has 0 amide bonds. The maximum atomic E-state index is 3.52. The van der Waals surface area contributed by atoms with Gasteiger partial charge in [-0.05, 0) is 62.5 Å². The predicted octanol–water partition coefficient (Wildman–Crippen LogP) is 3.19. The zero-order chi connectivity index (χ0) is 12.3. The van der Waals surface area contributed by atoms with Gasteiger partial charge in [-0.15, -0.1) is 0 Å². The fourth-order valence-electron chi connectivity index (χ4n) is 2.60. The van der Waals surface area contributed by atoms with E-state index < -0.39 is 0 Å². The lowest BCUT2D eigenvalue weighted by atomic mass is 9.97. The topological polar surface area (TPSA) is 15.3 Å². The van der Waals surface area contributed by atoms with E-state index in [-0.39, 0.29) is 0 Å². The molecule has 3 heteroatoms. The summed E-state index contributed by atoms with van der Waals surface area (Å²) in [6.45, 7) is 5.71. The Labute approximate surface area is 113 Å². The Morgan fingerprint density at radius 2 is 2.06 bits per heavy atom. The molecule has 0 aromatic heterocycles. The van der Waals surface area contributed by atoms with E-state index in [9.17, 15) is 0 Å². The predicted molar refractivity (Wildman–Crippen MR) is 77.7 cm³/mol. The fourth-order valence-corrected chi connectivity index (χ4v) is 3.07. The summed E-state index contributed by atoms with van der Waals surface area (Å²) >= 11 is 3.52. The molecule has 2 nitrogen and oxygen atoms in total. The van der Waals surface area contributed by atoms with Crippen molar-refractivity contribution < 1.29 is 0 Å². The van der Waals surface area contributed by atoms with Crippen LogP contribution in [0.3, 0.4) is 0 Å². The number of rotatable bonds is 3. The van der Waals surface area contributed by atoms with Gasteiger partial charge in [0.25, 0.3) is 0 Å². The van der Waals surface area contributed by atoms with Crippen molar-refractivity contribution in [1.82, 2.24) is 5.32 Å². The van der Waals surface area contributed by atoms with Crippen molar-refractivity contribution in [3.63, 3.8) is 0 Å². The van der Waals surface area contributed by atoms with Crippen LogP contribution in [0.4, 0.5) is 5.69 Å². The van der Waals surface area contributed by atoms with E-state index in [1.54, 1.807) is 0 Å². The molecule has 94 valence electrons. The Hall–Kier alpha value is -0.540. The van der Waals surface area contributed by atoms with Gasteiger partial charge in [0.1, 0.15) is 0 Å². The monoisotopic (exact) mass is 296 g/mol. The van der Waals surface area contributed by atoms with Crippen LogP contribution >= 0.6 is 15.9 Å². The highest BCUT2D eigenvalue weighted by Gasteiger charge is 2.16. The van der Waals surface area contributed by atoms with Gasteiger partial charge in [-0.3, -0.25) is 0 Å². The highest BCUT2D eigenvalue weighted by Crippen LogP contribution is 2.24. The SMILES string of the molecule is Cc1cc(Br)ccc1N(C)CC1CCNCC1. The maximum absolute atomic E-state index is 3.52. The first kappa shape index (κ1) is 12.9. The molecule has 1 saturated heterocycles. The summed E-state index contributed by atoms with van der Waals surface area (Å²) < 4.78 is 1.16. The van der Waals surface area contributed by atoms with Crippen molar-refractivity contribution in [3.05, 3.63) is 28.2 Å². The van der Waals surface area contributed by atoms with E-state index in [2.05, 4.69) is 58.3 Å². The molecule has 1 heterocycles. The van der Waals surface area contributed by atoms with Gasteiger partial charge in [-0.2, -0.15) is 0 Å². The highest BCUT2D eigenvalue weighted by molar-refractivity contribution is 9.10. The summed E-state index contributed by atoms with van der Waals surface area (Å²) in [5.74, 6) is 0.837. The van der Waals surface area contributed by atoms with Crippen LogP contribution < -0.4 is 10.2 Å². The van der Waals surface area contributed by atoms with E-state index >= 15 is 0 Å². The summed E-state index contributed by atoms with van der Waals surface area (Å²) in [4.78, 5) is 2.40. The average molecular weight is 297 g/mol. The fraction of sp³-hybridized carbons (Fsp3) is 0.571. The summed E-state index contributed by atoms with van der Waals surface area (Å²) in [5, 5.41) is 3.42. The third kappa shape index (κ3) is 3.46. The second kappa shape index (κ2) is 5.87. The molecule has 1 fully saturated rings. The molecule has 0 unspecified atom stereocenters. The number of halogens is 1. The van der Waals surface area contributed by atoms with Crippen LogP contribution in [0.5, 0.6) is 0 Å². The summed E-state index contributed by atoms with van der Waals surface area (Å²) in [7, 11) is 2.21. The zero-order valence-corrected chi connectivity index (χ0v) is 12.3. The standard InChI is InChI=1S/C14H21BrN2/c1-11-9-13(15)3-4-14(11)17(2)10-12-5-7-16-8-6-12/h3-4,9,12,16H,5-8,10H2,1-2H3. The molecule has 0 spiro atoms. The van der Waals surface area contributed by atoms with Crippen LogP contribution in [-0.4, -0.2) is 26.7 Å². The van der Waals surface area contributed by atoms with Crippen molar-refractivity contribution in [3.8, 4) is 0 Å². The van der Waals surface area contributed by atoms with Gasteiger partial charge in [0.05, 0.1) is 0 Å². The van der Waals surface area contributed by atoms with Crippen LogP contribution in [0.1, 0.15) is 18.4 Å². The Balaban J connectivity index is 2.00. The molecule has 0 aliphatic carbocycles. The highest BCUT2D eigenvalue weighted by atomic mass is 79.9. The lowest BCUT2D eigenvalue weighted by Crippen LogP contribution is -2.34. The van der Waals surface area contributed by atoms with Crippen LogP contribution in [0.2, 0.25) is 0 Å². The van der Waals surface area contributed by atoms with Crippen molar-refractivity contribution in [2.24, 2.45) is 5.92 Å².